The van der Waals surface area contributed by atoms with Crippen LogP contribution in [0.1, 0.15) is 62.6 Å². The van der Waals surface area contributed by atoms with E-state index in [1.54, 1.807) is 52.0 Å². The number of rotatable bonds is 15. The van der Waals surface area contributed by atoms with Crippen LogP contribution in [0.15, 0.2) is 72.8 Å². The van der Waals surface area contributed by atoms with Crippen LogP contribution in [0.3, 0.4) is 0 Å². The fourth-order valence-corrected chi connectivity index (χ4v) is 7.93. The highest BCUT2D eigenvalue weighted by molar-refractivity contribution is 6.31. The molecule has 0 spiro atoms. The summed E-state index contributed by atoms with van der Waals surface area (Å²) in [7, 11) is 0. The molecular formula is C41H49ClN4O7. The molecule has 4 atom stereocenters. The Kier molecular flexibility index (Phi) is 12.2. The Morgan fingerprint density at radius 2 is 1.91 bits per heavy atom. The smallest absolute Gasteiger partial charge is 0.264 e. The molecule has 4 N–H and O–H groups in total. The lowest BCUT2D eigenvalue weighted by molar-refractivity contribution is -0.139. The number of nitrogens with one attached hydrogen (secondary N) is 1. The highest BCUT2D eigenvalue weighted by Gasteiger charge is 2.52. The minimum Gasteiger partial charge on any atom is -0.494 e. The van der Waals surface area contributed by atoms with Gasteiger partial charge in [-0.25, -0.2) is 0 Å². The minimum atomic E-state index is -1.94. The summed E-state index contributed by atoms with van der Waals surface area (Å²) in [6, 6.07) is 17.6. The summed E-state index contributed by atoms with van der Waals surface area (Å²) in [6.45, 7) is 5.52. The average molecular weight is 745 g/mol. The van der Waals surface area contributed by atoms with Crippen LogP contribution in [-0.2, 0) is 33.0 Å². The molecule has 0 radical (unpaired) electrons. The van der Waals surface area contributed by atoms with Gasteiger partial charge in [-0.05, 0) is 105 Å². The lowest BCUT2D eigenvalue weighted by atomic mass is 9.83. The van der Waals surface area contributed by atoms with Crippen molar-refractivity contribution in [3.8, 4) is 5.75 Å². The fourth-order valence-electron chi connectivity index (χ4n) is 7.76. The Morgan fingerprint density at radius 3 is 2.68 bits per heavy atom. The van der Waals surface area contributed by atoms with Crippen molar-refractivity contribution in [1.29, 1.82) is 0 Å². The van der Waals surface area contributed by atoms with Gasteiger partial charge in [-0.2, -0.15) is 0 Å². The van der Waals surface area contributed by atoms with E-state index < -0.39 is 23.5 Å². The second-order valence-electron chi connectivity index (χ2n) is 14.0. The van der Waals surface area contributed by atoms with Crippen molar-refractivity contribution < 1.29 is 34.4 Å². The normalized spacial score (nSPS) is 21.7. The van der Waals surface area contributed by atoms with E-state index in [-0.39, 0.29) is 44.0 Å². The maximum absolute atomic E-state index is 14.3. The molecule has 0 bridgehead atoms. The number of hydrogen-bond acceptors (Lipinski definition) is 8. The number of hydrogen-bond donors (Lipinski definition) is 4. The van der Waals surface area contributed by atoms with E-state index >= 15 is 0 Å². The van der Waals surface area contributed by atoms with Crippen molar-refractivity contribution in [2.75, 3.05) is 42.7 Å². The number of ether oxygens (including phenoxy) is 1. The van der Waals surface area contributed by atoms with Gasteiger partial charge in [-0.15, -0.1) is 0 Å². The summed E-state index contributed by atoms with van der Waals surface area (Å²) in [4.78, 5) is 46.2. The number of aliphatic hydroxyl groups excluding tert-OH is 2. The first kappa shape index (κ1) is 38.5. The summed E-state index contributed by atoms with van der Waals surface area (Å²) in [6.07, 6.45) is 6.96. The number of aliphatic hydroxyl groups is 3. The number of nitrogens with zero attached hydrogens (tertiary/aromatic N) is 3. The predicted molar refractivity (Wildman–Crippen MR) is 204 cm³/mol. The van der Waals surface area contributed by atoms with Gasteiger partial charge in [-0.1, -0.05) is 42.8 Å². The van der Waals surface area contributed by atoms with E-state index in [4.69, 9.17) is 16.3 Å². The summed E-state index contributed by atoms with van der Waals surface area (Å²) in [5.41, 5.74) is 2.08. The average Bonchev–Trinajstić information content (AvgIpc) is 3.72. The molecule has 3 aromatic carbocycles. The second kappa shape index (κ2) is 16.8. The van der Waals surface area contributed by atoms with Gasteiger partial charge in [0.25, 0.3) is 5.91 Å². The molecule has 11 nitrogen and oxygen atoms in total. The van der Waals surface area contributed by atoms with Gasteiger partial charge in [0.2, 0.25) is 11.8 Å². The minimum absolute atomic E-state index is 0.0722. The zero-order valence-corrected chi connectivity index (χ0v) is 31.1. The number of halogens is 1. The zero-order chi connectivity index (χ0) is 37.7. The van der Waals surface area contributed by atoms with Gasteiger partial charge in [0.1, 0.15) is 5.75 Å². The monoisotopic (exact) mass is 744 g/mol. The number of anilines is 3. The van der Waals surface area contributed by atoms with E-state index in [1.165, 1.54) is 0 Å². The molecule has 1 unspecified atom stereocenters. The van der Waals surface area contributed by atoms with Crippen molar-refractivity contribution in [3.63, 3.8) is 0 Å². The molecule has 282 valence electrons. The third-order valence-corrected chi connectivity index (χ3v) is 10.8. The quantitative estimate of drug-likeness (QED) is 0.126. The van der Waals surface area contributed by atoms with Gasteiger partial charge in [0, 0.05) is 41.8 Å². The van der Waals surface area contributed by atoms with Crippen LogP contribution < -0.4 is 19.9 Å². The Labute approximate surface area is 315 Å². The van der Waals surface area contributed by atoms with Gasteiger partial charge in [0.05, 0.1) is 43.2 Å². The molecule has 0 aliphatic carbocycles. The van der Waals surface area contributed by atoms with Crippen LogP contribution in [0.4, 0.5) is 17.1 Å². The van der Waals surface area contributed by atoms with Crippen molar-refractivity contribution in [2.45, 2.75) is 76.6 Å². The van der Waals surface area contributed by atoms with Crippen molar-refractivity contribution in [3.05, 3.63) is 94.5 Å². The van der Waals surface area contributed by atoms with E-state index in [2.05, 4.69) is 5.32 Å². The molecule has 3 amide bonds. The first-order chi connectivity index (χ1) is 25.6. The zero-order valence-electron chi connectivity index (χ0n) is 30.3. The van der Waals surface area contributed by atoms with Gasteiger partial charge in [0.15, 0.2) is 5.60 Å². The number of amides is 3. The van der Waals surface area contributed by atoms with Gasteiger partial charge >= 0.3 is 0 Å². The van der Waals surface area contributed by atoms with E-state index in [9.17, 15) is 29.7 Å². The first-order valence-electron chi connectivity index (χ1n) is 18.5. The molecule has 3 heterocycles. The number of benzene rings is 3. The van der Waals surface area contributed by atoms with Crippen LogP contribution in [-0.4, -0.2) is 82.9 Å². The lowest BCUT2D eigenvalue weighted by Crippen LogP contribution is -2.49. The number of likely N-dealkylation sites (tertiary alicyclic amines) is 1. The van der Waals surface area contributed by atoms with E-state index in [1.807, 2.05) is 49.4 Å². The number of fused-ring (bicyclic) bond motifs is 2. The van der Waals surface area contributed by atoms with Crippen LogP contribution in [0, 0.1) is 5.92 Å². The van der Waals surface area contributed by atoms with Crippen molar-refractivity contribution in [2.24, 2.45) is 5.92 Å². The lowest BCUT2D eigenvalue weighted by Gasteiger charge is -2.35. The first-order valence-corrected chi connectivity index (χ1v) is 18.9. The Bertz CT molecular complexity index is 1850. The van der Waals surface area contributed by atoms with Gasteiger partial charge < -0.3 is 35.2 Å². The maximum Gasteiger partial charge on any atom is 0.264 e. The second-order valence-corrected chi connectivity index (χ2v) is 14.5. The summed E-state index contributed by atoms with van der Waals surface area (Å²) >= 11 is 6.41. The largest absolute Gasteiger partial charge is 0.494 e. The molecule has 3 aliphatic rings. The predicted octanol–water partition coefficient (Wildman–Crippen LogP) is 4.99. The fraction of sp³-hybridized carbons (Fsp3) is 0.439. The number of unbranched alkanes of at least 4 members (excludes halogenated alkanes) is 1. The van der Waals surface area contributed by atoms with Gasteiger partial charge in [-0.3, -0.25) is 19.3 Å². The summed E-state index contributed by atoms with van der Waals surface area (Å²) in [5.74, 6) is -0.698. The number of carbonyl (C=O) groups excluding carboxylic acids is 3. The molecule has 53 heavy (non-hydrogen) atoms. The van der Waals surface area contributed by atoms with E-state index in [0.717, 1.165) is 41.8 Å². The molecule has 6 rings (SSSR count). The van der Waals surface area contributed by atoms with E-state index in [0.29, 0.717) is 54.5 Å². The molecule has 3 aromatic rings. The summed E-state index contributed by atoms with van der Waals surface area (Å²) < 4.78 is 5.78. The maximum atomic E-state index is 14.3. The molecule has 12 heteroatoms. The molecule has 1 fully saturated rings. The highest BCUT2D eigenvalue weighted by atomic mass is 35.5. The Balaban J connectivity index is 1.26. The molecule has 0 aromatic heterocycles. The molecule has 1 saturated heterocycles. The number of carbonyl (C=O) groups is 3. The third kappa shape index (κ3) is 7.86. The Morgan fingerprint density at radius 1 is 1.09 bits per heavy atom. The summed E-state index contributed by atoms with van der Waals surface area (Å²) in [5, 5.41) is 34.8. The van der Waals surface area contributed by atoms with Crippen LogP contribution in [0.25, 0.3) is 0 Å². The molecule has 0 saturated carbocycles. The molecular weight excluding hydrogens is 696 g/mol. The third-order valence-electron chi connectivity index (χ3n) is 10.5. The SMILES string of the molecule is CCOc1ccc2c(c1)CC(NCCCCO)C(=O)N2c1cccc(CN2C(=O)[C@](O)([C@H](C)/C=C/CC(=O)N3CCC[C@H]3CO)c3cc(Cl)ccc32)c1. The van der Waals surface area contributed by atoms with Crippen molar-refractivity contribution in [1.82, 2.24) is 10.2 Å². The molecule has 3 aliphatic heterocycles. The standard InChI is InChI=1S/C41H49ClN4O7/c1-3-53-33-15-17-36-29(22-33)23-35(43-18-4-5-20-47)39(50)46(36)31-11-7-10-28(21-31)25-45-37-16-14-30(42)24-34(37)41(52,40(45)51)27(2)9-6-13-38(49)44-19-8-12-32(44)26-48/h6-7,9-11,14-17,21-22,24,27,32,35,43,47-48,52H,3-5,8,12-13,18-20,23,25-26H2,1-2H3/b9-6+/t27-,32+,35?,41+/m1/s1. The van der Waals surface area contributed by atoms with Crippen LogP contribution in [0.2, 0.25) is 5.02 Å². The van der Waals surface area contributed by atoms with Crippen molar-refractivity contribution >= 4 is 46.4 Å². The Hall–Kier alpha value is -4.26. The highest BCUT2D eigenvalue weighted by Crippen LogP contribution is 2.47. The van der Waals surface area contributed by atoms with Crippen LogP contribution >= 0.6 is 11.6 Å². The topological polar surface area (TPSA) is 143 Å². The van der Waals surface area contributed by atoms with Crippen LogP contribution in [0.5, 0.6) is 5.75 Å².